The van der Waals surface area contributed by atoms with Crippen LogP contribution in [0, 0.1) is 5.41 Å². The molecular weight excluding hydrogens is 204 g/mol. The second-order valence-electron chi connectivity index (χ2n) is 4.90. The topological polar surface area (TPSA) is 44.7 Å². The number of rotatable bonds is 7. The van der Waals surface area contributed by atoms with Crippen molar-refractivity contribution in [2.75, 3.05) is 53.0 Å². The standard InChI is InChI=1S/C12H26N2O2/c1-3-13-9-12(5-4-8-16-11-12)10-14(2)6-7-15/h13,15H,3-11H2,1-2H3. The molecular formula is C12H26N2O2. The van der Waals surface area contributed by atoms with Gasteiger partial charge in [0.25, 0.3) is 0 Å². The quantitative estimate of drug-likeness (QED) is 0.661. The molecule has 1 fully saturated rings. The predicted molar refractivity (Wildman–Crippen MR) is 65.6 cm³/mol. The van der Waals surface area contributed by atoms with E-state index in [1.54, 1.807) is 0 Å². The monoisotopic (exact) mass is 230 g/mol. The summed E-state index contributed by atoms with van der Waals surface area (Å²) in [7, 11) is 2.07. The van der Waals surface area contributed by atoms with Crippen LogP contribution in [0.15, 0.2) is 0 Å². The third-order valence-electron chi connectivity index (χ3n) is 3.24. The first-order valence-corrected chi connectivity index (χ1v) is 6.30. The highest BCUT2D eigenvalue weighted by atomic mass is 16.5. The van der Waals surface area contributed by atoms with Gasteiger partial charge in [0, 0.05) is 31.7 Å². The van der Waals surface area contributed by atoms with Crippen molar-refractivity contribution in [2.45, 2.75) is 19.8 Å². The minimum absolute atomic E-state index is 0.231. The molecule has 0 spiro atoms. The Morgan fingerprint density at radius 1 is 1.50 bits per heavy atom. The van der Waals surface area contributed by atoms with Gasteiger partial charge in [-0.2, -0.15) is 0 Å². The molecule has 1 heterocycles. The molecule has 1 aliphatic heterocycles. The predicted octanol–water partition coefficient (Wildman–Crippen LogP) is 0.317. The highest BCUT2D eigenvalue weighted by molar-refractivity contribution is 4.86. The highest BCUT2D eigenvalue weighted by Gasteiger charge is 2.33. The third-order valence-corrected chi connectivity index (χ3v) is 3.24. The van der Waals surface area contributed by atoms with Crippen LogP contribution in [0.2, 0.25) is 0 Å². The van der Waals surface area contributed by atoms with E-state index < -0.39 is 0 Å². The van der Waals surface area contributed by atoms with Crippen LogP contribution in [-0.2, 0) is 4.74 Å². The van der Waals surface area contributed by atoms with E-state index in [4.69, 9.17) is 9.84 Å². The van der Waals surface area contributed by atoms with Crippen LogP contribution >= 0.6 is 0 Å². The largest absolute Gasteiger partial charge is 0.395 e. The van der Waals surface area contributed by atoms with Gasteiger partial charge in [-0.25, -0.2) is 0 Å². The maximum atomic E-state index is 8.94. The summed E-state index contributed by atoms with van der Waals surface area (Å²) in [6, 6.07) is 0. The van der Waals surface area contributed by atoms with Gasteiger partial charge in [-0.15, -0.1) is 0 Å². The lowest BCUT2D eigenvalue weighted by molar-refractivity contribution is -0.0238. The minimum Gasteiger partial charge on any atom is -0.395 e. The molecule has 0 aliphatic carbocycles. The molecule has 16 heavy (non-hydrogen) atoms. The van der Waals surface area contributed by atoms with Crippen LogP contribution < -0.4 is 5.32 Å². The highest BCUT2D eigenvalue weighted by Crippen LogP contribution is 2.28. The summed E-state index contributed by atoms with van der Waals surface area (Å²) >= 11 is 0. The number of nitrogens with one attached hydrogen (secondary N) is 1. The molecule has 1 rings (SSSR count). The first kappa shape index (κ1) is 13.9. The molecule has 0 aromatic heterocycles. The maximum absolute atomic E-state index is 8.94. The molecule has 1 saturated heterocycles. The van der Waals surface area contributed by atoms with Gasteiger partial charge in [-0.1, -0.05) is 6.92 Å². The van der Waals surface area contributed by atoms with Crippen molar-refractivity contribution in [3.63, 3.8) is 0 Å². The lowest BCUT2D eigenvalue weighted by Gasteiger charge is -2.40. The van der Waals surface area contributed by atoms with E-state index in [1.807, 2.05) is 0 Å². The lowest BCUT2D eigenvalue weighted by atomic mass is 9.82. The van der Waals surface area contributed by atoms with Gasteiger partial charge in [0.05, 0.1) is 13.2 Å². The van der Waals surface area contributed by atoms with Crippen molar-refractivity contribution in [1.29, 1.82) is 0 Å². The molecule has 2 N–H and O–H groups in total. The van der Waals surface area contributed by atoms with Crippen LogP contribution in [0.25, 0.3) is 0 Å². The number of ether oxygens (including phenoxy) is 1. The van der Waals surface area contributed by atoms with E-state index in [9.17, 15) is 0 Å². The lowest BCUT2D eigenvalue weighted by Crippen LogP contribution is -2.48. The number of aliphatic hydroxyl groups is 1. The summed E-state index contributed by atoms with van der Waals surface area (Å²) < 4.78 is 5.63. The van der Waals surface area contributed by atoms with Crippen molar-refractivity contribution in [3.05, 3.63) is 0 Å². The maximum Gasteiger partial charge on any atom is 0.0558 e. The average Bonchev–Trinajstić information content (AvgIpc) is 2.28. The van der Waals surface area contributed by atoms with Gasteiger partial charge in [-0.05, 0) is 26.4 Å². The van der Waals surface area contributed by atoms with Crippen molar-refractivity contribution in [1.82, 2.24) is 10.2 Å². The fourth-order valence-electron chi connectivity index (χ4n) is 2.44. The first-order chi connectivity index (χ1) is 7.72. The molecule has 0 saturated carbocycles. The molecule has 1 atom stereocenters. The molecule has 0 aromatic carbocycles. The van der Waals surface area contributed by atoms with Gasteiger partial charge in [0.1, 0.15) is 0 Å². The van der Waals surface area contributed by atoms with Crippen LogP contribution in [0.1, 0.15) is 19.8 Å². The first-order valence-electron chi connectivity index (χ1n) is 6.30. The SMILES string of the molecule is CCNCC1(CN(C)CCO)CCCOC1. The Morgan fingerprint density at radius 2 is 2.31 bits per heavy atom. The zero-order valence-corrected chi connectivity index (χ0v) is 10.7. The Labute approximate surface area is 99.0 Å². The molecule has 0 amide bonds. The Kier molecular flexibility index (Phi) is 6.28. The van der Waals surface area contributed by atoms with Crippen LogP contribution in [0.3, 0.4) is 0 Å². The summed E-state index contributed by atoms with van der Waals surface area (Å²) in [5.74, 6) is 0. The van der Waals surface area contributed by atoms with Crippen LogP contribution in [-0.4, -0.2) is 63.1 Å². The van der Waals surface area contributed by atoms with Gasteiger partial charge in [0.2, 0.25) is 0 Å². The number of hydrogen-bond donors (Lipinski definition) is 2. The summed E-state index contributed by atoms with van der Waals surface area (Å²) in [5.41, 5.74) is 0.234. The number of likely N-dealkylation sites (N-methyl/N-ethyl adjacent to an activating group) is 1. The van der Waals surface area contributed by atoms with Crippen LogP contribution in [0.4, 0.5) is 0 Å². The molecule has 1 aliphatic rings. The van der Waals surface area contributed by atoms with Gasteiger partial charge < -0.3 is 20.1 Å². The van der Waals surface area contributed by atoms with Gasteiger partial charge >= 0.3 is 0 Å². The second-order valence-corrected chi connectivity index (χ2v) is 4.90. The fourth-order valence-corrected chi connectivity index (χ4v) is 2.44. The fraction of sp³-hybridized carbons (Fsp3) is 1.00. The zero-order valence-electron chi connectivity index (χ0n) is 10.7. The summed E-state index contributed by atoms with van der Waals surface area (Å²) in [5, 5.41) is 12.4. The molecule has 4 nitrogen and oxygen atoms in total. The van der Waals surface area contributed by atoms with Crippen molar-refractivity contribution >= 4 is 0 Å². The average molecular weight is 230 g/mol. The van der Waals surface area contributed by atoms with E-state index in [0.29, 0.717) is 0 Å². The minimum atomic E-state index is 0.231. The van der Waals surface area contributed by atoms with Crippen LogP contribution in [0.5, 0.6) is 0 Å². The Morgan fingerprint density at radius 3 is 2.88 bits per heavy atom. The zero-order chi connectivity index (χ0) is 11.9. The Bertz CT molecular complexity index is 182. The van der Waals surface area contributed by atoms with E-state index in [1.165, 1.54) is 6.42 Å². The molecule has 0 radical (unpaired) electrons. The summed E-state index contributed by atoms with van der Waals surface area (Å²) in [6.07, 6.45) is 2.37. The molecule has 1 unspecified atom stereocenters. The smallest absolute Gasteiger partial charge is 0.0558 e. The number of hydrogen-bond acceptors (Lipinski definition) is 4. The molecule has 0 bridgehead atoms. The third kappa shape index (κ3) is 4.37. The molecule has 4 heteroatoms. The summed E-state index contributed by atoms with van der Waals surface area (Å²) in [6.45, 7) is 7.87. The number of nitrogens with zero attached hydrogens (tertiary/aromatic N) is 1. The van der Waals surface area contributed by atoms with Crippen molar-refractivity contribution in [3.8, 4) is 0 Å². The molecule has 0 aromatic rings. The van der Waals surface area contributed by atoms with E-state index in [-0.39, 0.29) is 12.0 Å². The van der Waals surface area contributed by atoms with E-state index in [0.717, 1.165) is 45.8 Å². The Balaban J connectivity index is 2.47. The normalized spacial score (nSPS) is 26.2. The van der Waals surface area contributed by atoms with Crippen molar-refractivity contribution < 1.29 is 9.84 Å². The molecule has 96 valence electrons. The van der Waals surface area contributed by atoms with E-state index >= 15 is 0 Å². The van der Waals surface area contributed by atoms with Crippen molar-refractivity contribution in [2.24, 2.45) is 5.41 Å². The van der Waals surface area contributed by atoms with Gasteiger partial charge in [-0.3, -0.25) is 0 Å². The summed E-state index contributed by atoms with van der Waals surface area (Å²) in [4.78, 5) is 2.20. The second kappa shape index (κ2) is 7.22. The number of aliphatic hydroxyl groups excluding tert-OH is 1. The van der Waals surface area contributed by atoms with Gasteiger partial charge in [0.15, 0.2) is 0 Å². The van der Waals surface area contributed by atoms with E-state index in [2.05, 4.69) is 24.2 Å². The Hall–Kier alpha value is -0.160.